The molecule has 2 aromatic heterocycles. The highest BCUT2D eigenvalue weighted by Crippen LogP contribution is 2.22. The van der Waals surface area contributed by atoms with Gasteiger partial charge >= 0.3 is 5.97 Å². The number of ether oxygens (including phenoxy) is 1. The normalized spacial score (nSPS) is 10.3. The summed E-state index contributed by atoms with van der Waals surface area (Å²) in [5.74, 6) is -0.798. The van der Waals surface area contributed by atoms with Crippen LogP contribution in [0.25, 0.3) is 0 Å². The molecule has 0 amide bonds. The Bertz CT molecular complexity index is 542. The second kappa shape index (κ2) is 5.84. The number of hydrogen-bond acceptors (Lipinski definition) is 4. The van der Waals surface area contributed by atoms with E-state index in [1.54, 1.807) is 11.3 Å². The third kappa shape index (κ3) is 3.21. The minimum Gasteiger partial charge on any atom is -0.478 e. The molecule has 0 aromatic carbocycles. The van der Waals surface area contributed by atoms with Gasteiger partial charge in [-0.3, -0.25) is 0 Å². The number of thiophene rings is 1. The topological polar surface area (TPSA) is 59.4 Å². The Morgan fingerprint density at radius 1 is 1.56 bits per heavy atom. The summed E-state index contributed by atoms with van der Waals surface area (Å²) in [5.41, 5.74) is 0.0469. The van der Waals surface area contributed by atoms with Gasteiger partial charge in [-0.1, -0.05) is 17.7 Å². The maximum Gasteiger partial charge on any atom is 0.337 e. The summed E-state index contributed by atoms with van der Waals surface area (Å²) in [5, 5.41) is 11.0. The van der Waals surface area contributed by atoms with Crippen molar-refractivity contribution in [3.8, 4) is 5.88 Å². The highest BCUT2D eigenvalue weighted by molar-refractivity contribution is 7.09. The van der Waals surface area contributed by atoms with Crippen molar-refractivity contribution < 1.29 is 14.6 Å². The number of carboxylic acids is 1. The standard InChI is InChI=1S/C12H10ClNO3S/c13-10-6-8(12(15)16)7-14-11(10)17-4-3-9-2-1-5-18-9/h1-2,5-7H,3-4H2,(H,15,16). The molecule has 0 saturated carbocycles. The van der Waals surface area contributed by atoms with E-state index in [0.29, 0.717) is 6.61 Å². The third-order valence-corrected chi connectivity index (χ3v) is 3.43. The number of carboxylic acid groups (broad SMARTS) is 1. The van der Waals surface area contributed by atoms with Crippen LogP contribution in [0.1, 0.15) is 15.2 Å². The van der Waals surface area contributed by atoms with Crippen LogP contribution in [0.5, 0.6) is 5.88 Å². The van der Waals surface area contributed by atoms with Gasteiger partial charge in [0.1, 0.15) is 5.02 Å². The highest BCUT2D eigenvalue weighted by atomic mass is 35.5. The second-order valence-electron chi connectivity index (χ2n) is 3.49. The van der Waals surface area contributed by atoms with Gasteiger partial charge in [-0.2, -0.15) is 0 Å². The Morgan fingerprint density at radius 3 is 3.00 bits per heavy atom. The van der Waals surface area contributed by atoms with Crippen molar-refractivity contribution in [1.29, 1.82) is 0 Å². The number of rotatable bonds is 5. The van der Waals surface area contributed by atoms with Crippen LogP contribution in [0.2, 0.25) is 5.02 Å². The first-order chi connectivity index (χ1) is 8.66. The van der Waals surface area contributed by atoms with Crippen molar-refractivity contribution in [3.63, 3.8) is 0 Å². The van der Waals surface area contributed by atoms with E-state index in [1.807, 2.05) is 17.5 Å². The molecular weight excluding hydrogens is 274 g/mol. The quantitative estimate of drug-likeness (QED) is 0.916. The van der Waals surface area contributed by atoms with Gasteiger partial charge in [0.05, 0.1) is 12.2 Å². The first-order valence-electron chi connectivity index (χ1n) is 5.21. The zero-order chi connectivity index (χ0) is 13.0. The molecule has 0 aliphatic carbocycles. The van der Waals surface area contributed by atoms with E-state index in [9.17, 15) is 4.79 Å². The average molecular weight is 284 g/mol. The van der Waals surface area contributed by atoms with Crippen molar-refractivity contribution in [1.82, 2.24) is 4.98 Å². The Hall–Kier alpha value is -1.59. The van der Waals surface area contributed by atoms with E-state index in [-0.39, 0.29) is 16.5 Å². The first kappa shape index (κ1) is 12.9. The lowest BCUT2D eigenvalue weighted by Crippen LogP contribution is -2.04. The maximum atomic E-state index is 10.7. The molecule has 0 aliphatic heterocycles. The lowest BCUT2D eigenvalue weighted by Gasteiger charge is -2.06. The third-order valence-electron chi connectivity index (χ3n) is 2.22. The minimum atomic E-state index is -1.06. The molecular formula is C12H10ClNO3S. The van der Waals surface area contributed by atoms with Crippen molar-refractivity contribution >= 4 is 28.9 Å². The number of hydrogen-bond donors (Lipinski definition) is 1. The summed E-state index contributed by atoms with van der Waals surface area (Å²) in [6.07, 6.45) is 2.01. The molecule has 6 heteroatoms. The zero-order valence-corrected chi connectivity index (χ0v) is 10.9. The van der Waals surface area contributed by atoms with Crippen LogP contribution in [-0.2, 0) is 6.42 Å². The van der Waals surface area contributed by atoms with Crippen molar-refractivity contribution in [2.75, 3.05) is 6.61 Å². The molecule has 0 aliphatic rings. The van der Waals surface area contributed by atoms with Crippen molar-refractivity contribution in [2.24, 2.45) is 0 Å². The van der Waals surface area contributed by atoms with Gasteiger partial charge in [0.2, 0.25) is 5.88 Å². The van der Waals surface area contributed by atoms with Crippen LogP contribution in [0, 0.1) is 0 Å². The maximum absolute atomic E-state index is 10.7. The fourth-order valence-corrected chi connectivity index (χ4v) is 2.26. The predicted molar refractivity (Wildman–Crippen MR) is 69.7 cm³/mol. The molecule has 0 fully saturated rings. The molecule has 0 radical (unpaired) electrons. The zero-order valence-electron chi connectivity index (χ0n) is 9.30. The molecule has 0 unspecified atom stereocenters. The minimum absolute atomic E-state index is 0.0469. The van der Waals surface area contributed by atoms with Crippen LogP contribution in [-0.4, -0.2) is 22.7 Å². The Balaban J connectivity index is 1.95. The monoisotopic (exact) mass is 283 g/mol. The molecule has 94 valence electrons. The Morgan fingerprint density at radius 2 is 2.39 bits per heavy atom. The lowest BCUT2D eigenvalue weighted by atomic mass is 10.3. The number of aromatic carboxylic acids is 1. The van der Waals surface area contributed by atoms with E-state index in [4.69, 9.17) is 21.4 Å². The SMILES string of the molecule is O=C(O)c1cnc(OCCc2cccs2)c(Cl)c1. The smallest absolute Gasteiger partial charge is 0.337 e. The summed E-state index contributed by atoms with van der Waals surface area (Å²) < 4.78 is 5.42. The van der Waals surface area contributed by atoms with Crippen LogP contribution < -0.4 is 4.74 Å². The van der Waals surface area contributed by atoms with E-state index in [1.165, 1.54) is 17.1 Å². The summed E-state index contributed by atoms with van der Waals surface area (Å²) >= 11 is 7.54. The summed E-state index contributed by atoms with van der Waals surface area (Å²) in [7, 11) is 0. The fourth-order valence-electron chi connectivity index (χ4n) is 1.35. The summed E-state index contributed by atoms with van der Waals surface area (Å²) in [6, 6.07) is 5.33. The average Bonchev–Trinajstić information content (AvgIpc) is 2.84. The number of halogens is 1. The predicted octanol–water partition coefficient (Wildman–Crippen LogP) is 3.12. The van der Waals surface area contributed by atoms with Gasteiger partial charge in [0.25, 0.3) is 0 Å². The van der Waals surface area contributed by atoms with E-state index >= 15 is 0 Å². The Kier molecular flexibility index (Phi) is 4.17. The molecule has 18 heavy (non-hydrogen) atoms. The van der Waals surface area contributed by atoms with Crippen molar-refractivity contribution in [2.45, 2.75) is 6.42 Å². The fraction of sp³-hybridized carbons (Fsp3) is 0.167. The van der Waals surface area contributed by atoms with Crippen molar-refractivity contribution in [3.05, 3.63) is 45.2 Å². The number of carbonyl (C=O) groups is 1. The molecule has 2 aromatic rings. The van der Waals surface area contributed by atoms with Gasteiger partial charge < -0.3 is 9.84 Å². The largest absolute Gasteiger partial charge is 0.478 e. The molecule has 0 saturated heterocycles. The second-order valence-corrected chi connectivity index (χ2v) is 4.93. The van der Waals surface area contributed by atoms with Crippen LogP contribution in [0.3, 0.4) is 0 Å². The molecule has 1 N–H and O–H groups in total. The van der Waals surface area contributed by atoms with Gasteiger partial charge in [-0.05, 0) is 17.5 Å². The van der Waals surface area contributed by atoms with Crippen LogP contribution >= 0.6 is 22.9 Å². The highest BCUT2D eigenvalue weighted by Gasteiger charge is 2.09. The molecule has 0 bridgehead atoms. The van der Waals surface area contributed by atoms with Gasteiger partial charge in [0.15, 0.2) is 0 Å². The van der Waals surface area contributed by atoms with Crippen LogP contribution in [0.15, 0.2) is 29.8 Å². The molecule has 4 nitrogen and oxygen atoms in total. The number of pyridine rings is 1. The van der Waals surface area contributed by atoms with E-state index in [0.717, 1.165) is 6.42 Å². The molecule has 0 atom stereocenters. The Labute approximate surface area is 113 Å². The summed E-state index contributed by atoms with van der Waals surface area (Å²) in [4.78, 5) is 15.8. The van der Waals surface area contributed by atoms with Crippen LogP contribution in [0.4, 0.5) is 0 Å². The van der Waals surface area contributed by atoms with E-state index < -0.39 is 5.97 Å². The molecule has 2 heterocycles. The molecule has 0 spiro atoms. The molecule has 2 rings (SSSR count). The van der Waals surface area contributed by atoms with Gasteiger partial charge in [0, 0.05) is 17.5 Å². The van der Waals surface area contributed by atoms with Gasteiger partial charge in [-0.15, -0.1) is 11.3 Å². The number of aromatic nitrogens is 1. The van der Waals surface area contributed by atoms with Gasteiger partial charge in [-0.25, -0.2) is 9.78 Å². The van der Waals surface area contributed by atoms with E-state index in [2.05, 4.69) is 4.98 Å². The number of nitrogens with zero attached hydrogens (tertiary/aromatic N) is 1. The first-order valence-corrected chi connectivity index (χ1v) is 6.46. The lowest BCUT2D eigenvalue weighted by molar-refractivity contribution is 0.0696. The summed E-state index contributed by atoms with van der Waals surface area (Å²) in [6.45, 7) is 0.458.